The maximum atomic E-state index is 5.13. The maximum absolute atomic E-state index is 5.13. The Morgan fingerprint density at radius 3 is 1.19 bits per heavy atom. The van der Waals surface area contributed by atoms with Gasteiger partial charge in [0.2, 0.25) is 0 Å². The number of hydrogen-bond acceptors (Lipinski definition) is 7. The molecule has 0 unspecified atom stereocenters. The third-order valence-electron chi connectivity index (χ3n) is 22.2. The first-order valence-corrected chi connectivity index (χ1v) is 37.5. The summed E-state index contributed by atoms with van der Waals surface area (Å²) in [5.74, 6) is 2.59. The molecule has 0 atom stereocenters. The zero-order valence-electron chi connectivity index (χ0n) is 61.3. The second-order valence-corrected chi connectivity index (χ2v) is 29.6. The molecule has 4 heterocycles. The highest BCUT2D eigenvalue weighted by molar-refractivity contribution is 6.04. The third kappa shape index (κ3) is 12.4. The van der Waals surface area contributed by atoms with Gasteiger partial charge in [-0.05, 0) is 188 Å². The molecule has 0 radical (unpaired) electrons. The zero-order chi connectivity index (χ0) is 73.9. The van der Waals surface area contributed by atoms with Gasteiger partial charge in [0.05, 0.1) is 17.1 Å². The van der Waals surface area contributed by atoms with Crippen molar-refractivity contribution in [1.82, 2.24) is 34.9 Å². The van der Waals surface area contributed by atoms with Crippen LogP contribution in [0.25, 0.3) is 179 Å². The molecule has 4 aromatic heterocycles. The molecule has 18 aromatic rings. The van der Waals surface area contributed by atoms with Gasteiger partial charge in [0, 0.05) is 68.4 Å². The molecular formula is C103H73N7. The largest absolute Gasteiger partial charge is 0.265 e. The summed E-state index contributed by atoms with van der Waals surface area (Å²) < 4.78 is 0. The van der Waals surface area contributed by atoms with Gasteiger partial charge in [0.15, 0.2) is 23.3 Å². The van der Waals surface area contributed by atoms with E-state index in [0.717, 1.165) is 89.4 Å². The first-order valence-electron chi connectivity index (χ1n) is 37.5. The van der Waals surface area contributed by atoms with Crippen LogP contribution in [0.1, 0.15) is 49.9 Å². The summed E-state index contributed by atoms with van der Waals surface area (Å²) in [5.41, 5.74) is 32.0. The molecule has 0 N–H and O–H groups in total. The minimum atomic E-state index is -0.0723. The predicted octanol–water partition coefficient (Wildman–Crippen LogP) is 26.1. The van der Waals surface area contributed by atoms with Crippen LogP contribution in [0.3, 0.4) is 0 Å². The Bertz CT molecular complexity index is 6550. The number of fused-ring (bicyclic) bond motifs is 10. The highest BCUT2D eigenvalue weighted by Gasteiger charge is 2.38. The van der Waals surface area contributed by atoms with Crippen molar-refractivity contribution in [2.45, 2.75) is 38.5 Å². The molecule has 0 saturated carbocycles. The summed E-state index contributed by atoms with van der Waals surface area (Å²) in [4.78, 5) is 33.9. The van der Waals surface area contributed by atoms with E-state index in [2.05, 4.69) is 311 Å². The summed E-state index contributed by atoms with van der Waals surface area (Å²) in [6.07, 6.45) is 5.46. The Labute approximate surface area is 640 Å². The molecule has 0 amide bonds. The molecule has 2 aliphatic carbocycles. The lowest BCUT2D eigenvalue weighted by atomic mass is 9.80. The van der Waals surface area contributed by atoms with Gasteiger partial charge >= 0.3 is 0 Å². The molecule has 0 aliphatic heterocycles. The molecule has 7 nitrogen and oxygen atoms in total. The standard InChI is InChI=1S/C52H37N3.C51H36N4/c1-52(2)47-25-23-42(32-46(47)45-24-22-36-10-6-7-17-44(36)50(45)52)40-14-8-13-39(30-40)41-15-9-16-43(31-41)49-33-48(54-51(55-49)38-11-4-3-5-12-38)37-20-18-34(19-21-37)35-26-28-53-29-27-35;1-51(2)44-27-26-40(32-43(44)47-42-19-7-6-12-33(42)25-28-45(47)51)38-16-10-15-37(30-38)39-17-11-18-41(31-39)50-54-48(35-13-4-3-5-14-35)53-49(55-50)36-23-21-34(22-24-36)46-20-8-9-29-52-46/h3-33H,1-2H3;3-32H,1-2H3. The first kappa shape index (κ1) is 66.7. The monoisotopic (exact) mass is 1410 g/mol. The van der Waals surface area contributed by atoms with Crippen molar-refractivity contribution in [3.05, 3.63) is 393 Å². The Morgan fingerprint density at radius 2 is 0.600 bits per heavy atom. The summed E-state index contributed by atoms with van der Waals surface area (Å²) >= 11 is 0. The molecule has 7 heteroatoms. The van der Waals surface area contributed by atoms with E-state index in [0.29, 0.717) is 23.3 Å². The lowest BCUT2D eigenvalue weighted by molar-refractivity contribution is 0.661. The van der Waals surface area contributed by atoms with Crippen LogP contribution in [0.2, 0.25) is 0 Å². The summed E-state index contributed by atoms with van der Waals surface area (Å²) in [7, 11) is 0. The minimum Gasteiger partial charge on any atom is -0.265 e. The highest BCUT2D eigenvalue weighted by atomic mass is 15.0. The molecule has 0 fully saturated rings. The van der Waals surface area contributed by atoms with Crippen molar-refractivity contribution in [3.8, 4) is 157 Å². The topological polar surface area (TPSA) is 90.2 Å². The van der Waals surface area contributed by atoms with Crippen LogP contribution in [0, 0.1) is 0 Å². The Hall–Kier alpha value is -14.0. The van der Waals surface area contributed by atoms with Gasteiger partial charge in [-0.1, -0.05) is 313 Å². The molecule has 110 heavy (non-hydrogen) atoms. The van der Waals surface area contributed by atoms with Crippen LogP contribution >= 0.6 is 0 Å². The fourth-order valence-corrected chi connectivity index (χ4v) is 16.5. The molecule has 2 aliphatic rings. The highest BCUT2D eigenvalue weighted by Crippen LogP contribution is 2.54. The van der Waals surface area contributed by atoms with E-state index >= 15 is 0 Å². The zero-order valence-corrected chi connectivity index (χ0v) is 61.3. The summed E-state index contributed by atoms with van der Waals surface area (Å²) in [5, 5.41) is 5.22. The molecule has 520 valence electrons. The second kappa shape index (κ2) is 27.7. The van der Waals surface area contributed by atoms with Crippen LogP contribution in [-0.2, 0) is 10.8 Å². The van der Waals surface area contributed by atoms with Crippen molar-refractivity contribution < 1.29 is 0 Å². The van der Waals surface area contributed by atoms with Gasteiger partial charge in [0.1, 0.15) is 0 Å². The molecule has 20 rings (SSSR count). The fourth-order valence-electron chi connectivity index (χ4n) is 16.5. The molecule has 14 aromatic carbocycles. The van der Waals surface area contributed by atoms with Crippen LogP contribution in [0.4, 0.5) is 0 Å². The van der Waals surface area contributed by atoms with E-state index in [1.165, 1.54) is 88.3 Å². The SMILES string of the molecule is CC1(C)c2ccc(-c3cccc(-c4cccc(-c5cc(-c6ccc(-c7ccncc7)cc6)nc(-c6ccccc6)n5)c4)c3)cc2-c2ccc3ccccc3c21.CC1(C)c2ccc(-c3cccc(-c4cccc(-c5nc(-c6ccccc6)nc(-c6ccc(-c7ccccn7)cc6)n5)c4)c3)cc2-c2c1ccc1ccccc21. The number of hydrogen-bond donors (Lipinski definition) is 0. The maximum Gasteiger partial charge on any atom is 0.164 e. The second-order valence-electron chi connectivity index (χ2n) is 29.6. The normalized spacial score (nSPS) is 12.7. The average molecular weight is 1410 g/mol. The van der Waals surface area contributed by atoms with E-state index in [4.69, 9.17) is 24.9 Å². The minimum absolute atomic E-state index is 0.0616. The first-order chi connectivity index (χ1) is 54.0. The van der Waals surface area contributed by atoms with E-state index in [-0.39, 0.29) is 10.8 Å². The molecule has 0 bridgehead atoms. The third-order valence-corrected chi connectivity index (χ3v) is 22.2. The van der Waals surface area contributed by atoms with Crippen LogP contribution < -0.4 is 0 Å². The van der Waals surface area contributed by atoms with Gasteiger partial charge < -0.3 is 0 Å². The Morgan fingerprint density at radius 1 is 0.209 bits per heavy atom. The molecule has 0 spiro atoms. The summed E-state index contributed by atoms with van der Waals surface area (Å²) in [6.45, 7) is 9.41. The number of nitrogens with zero attached hydrogens (tertiary/aromatic N) is 7. The Balaban J connectivity index is 0.000000149. The van der Waals surface area contributed by atoms with Crippen LogP contribution in [0.5, 0.6) is 0 Å². The van der Waals surface area contributed by atoms with Crippen LogP contribution in [-0.4, -0.2) is 34.9 Å². The number of benzene rings is 14. The summed E-state index contributed by atoms with van der Waals surface area (Å²) in [6, 6.07) is 125. The smallest absolute Gasteiger partial charge is 0.164 e. The average Bonchev–Trinajstić information content (AvgIpc) is 1.57. The lowest BCUT2D eigenvalue weighted by Gasteiger charge is -2.23. The number of pyridine rings is 2. The predicted molar refractivity (Wildman–Crippen MR) is 453 cm³/mol. The molecule has 0 saturated heterocycles. The lowest BCUT2D eigenvalue weighted by Crippen LogP contribution is -2.15. The van der Waals surface area contributed by atoms with Gasteiger partial charge in [-0.25, -0.2) is 24.9 Å². The quantitative estimate of drug-likeness (QED) is 0.120. The van der Waals surface area contributed by atoms with Crippen molar-refractivity contribution in [2.75, 3.05) is 0 Å². The van der Waals surface area contributed by atoms with Crippen molar-refractivity contribution in [2.24, 2.45) is 0 Å². The van der Waals surface area contributed by atoms with E-state index in [1.54, 1.807) is 0 Å². The van der Waals surface area contributed by atoms with Gasteiger partial charge in [-0.15, -0.1) is 0 Å². The van der Waals surface area contributed by atoms with Gasteiger partial charge in [0.25, 0.3) is 0 Å². The van der Waals surface area contributed by atoms with Crippen LogP contribution in [0.15, 0.2) is 370 Å². The van der Waals surface area contributed by atoms with E-state index in [1.807, 2.05) is 97.5 Å². The fraction of sp³-hybridized carbons (Fsp3) is 0.0583. The number of rotatable bonds is 12. The van der Waals surface area contributed by atoms with E-state index in [9.17, 15) is 0 Å². The molecular weight excluding hydrogens is 1340 g/mol. The van der Waals surface area contributed by atoms with Gasteiger partial charge in [-0.2, -0.15) is 0 Å². The van der Waals surface area contributed by atoms with Crippen molar-refractivity contribution in [1.29, 1.82) is 0 Å². The Kier molecular flexibility index (Phi) is 16.8. The van der Waals surface area contributed by atoms with E-state index < -0.39 is 0 Å². The number of aromatic nitrogens is 7. The van der Waals surface area contributed by atoms with Crippen molar-refractivity contribution >= 4 is 21.5 Å². The van der Waals surface area contributed by atoms with Crippen molar-refractivity contribution in [3.63, 3.8) is 0 Å². The van der Waals surface area contributed by atoms with Gasteiger partial charge in [-0.3, -0.25) is 9.97 Å².